The minimum Gasteiger partial charge on any atom is -0.487 e. The normalized spacial score (nSPS) is 9.67. The molecule has 2 aromatic rings. The van der Waals surface area contributed by atoms with Crippen LogP contribution in [-0.2, 0) is 6.61 Å². The van der Waals surface area contributed by atoms with Gasteiger partial charge < -0.3 is 15.2 Å². The zero-order valence-electron chi connectivity index (χ0n) is 11.6. The van der Waals surface area contributed by atoms with Gasteiger partial charge in [0.05, 0.1) is 24.8 Å². The summed E-state index contributed by atoms with van der Waals surface area (Å²) in [5, 5.41) is 0. The number of aromatic nitrogens is 1. The minimum atomic E-state index is -0.373. The second-order valence-electron chi connectivity index (χ2n) is 4.11. The van der Waals surface area contributed by atoms with Crippen LogP contribution in [0.25, 0.3) is 0 Å². The Labute approximate surface area is 122 Å². The van der Waals surface area contributed by atoms with E-state index < -0.39 is 0 Å². The van der Waals surface area contributed by atoms with Crippen molar-refractivity contribution in [1.82, 2.24) is 4.98 Å². The van der Waals surface area contributed by atoms with Crippen molar-refractivity contribution in [1.29, 1.82) is 0 Å². The number of rotatable bonds is 4. The molecule has 0 bridgehead atoms. The average Bonchev–Trinajstić information content (AvgIpc) is 2.52. The molecular weight excluding hydrogens is 271 g/mol. The summed E-state index contributed by atoms with van der Waals surface area (Å²) in [6.07, 6.45) is 1.64. The van der Waals surface area contributed by atoms with Crippen molar-refractivity contribution in [2.45, 2.75) is 6.61 Å². The molecule has 1 aromatic heterocycles. The lowest BCUT2D eigenvalue weighted by atomic mass is 10.2. The van der Waals surface area contributed by atoms with Gasteiger partial charge >= 0.3 is 0 Å². The van der Waals surface area contributed by atoms with E-state index in [4.69, 9.17) is 15.2 Å². The molecule has 0 unspecified atom stereocenters. The molecule has 0 fully saturated rings. The summed E-state index contributed by atoms with van der Waals surface area (Å²) in [5.74, 6) is 6.09. The van der Waals surface area contributed by atoms with Crippen LogP contribution in [0.5, 0.6) is 11.6 Å². The van der Waals surface area contributed by atoms with Crippen molar-refractivity contribution in [2.75, 3.05) is 13.7 Å². The highest BCUT2D eigenvalue weighted by Crippen LogP contribution is 2.22. The van der Waals surface area contributed by atoms with Gasteiger partial charge in [-0.25, -0.2) is 9.37 Å². The standard InChI is InChI=1S/C16H15FN2O2/c1-20-16-13(5-3-9-19-16)11-21-15-7-6-14(17)10-12(15)4-2-8-18/h3,5-7,9-10H,8,11,18H2,1H3. The molecule has 0 radical (unpaired) electrons. The number of ether oxygens (including phenoxy) is 2. The monoisotopic (exact) mass is 286 g/mol. The lowest BCUT2D eigenvalue weighted by molar-refractivity contribution is 0.292. The van der Waals surface area contributed by atoms with E-state index in [1.54, 1.807) is 25.4 Å². The van der Waals surface area contributed by atoms with Crippen LogP contribution in [0.2, 0.25) is 0 Å². The molecule has 0 amide bonds. The molecule has 0 aliphatic rings. The van der Waals surface area contributed by atoms with Crippen LogP contribution >= 0.6 is 0 Å². The first-order valence-corrected chi connectivity index (χ1v) is 6.33. The summed E-state index contributed by atoms with van der Waals surface area (Å²) in [5.41, 5.74) is 6.59. The van der Waals surface area contributed by atoms with Crippen LogP contribution in [0.3, 0.4) is 0 Å². The SMILES string of the molecule is COc1ncccc1COc1ccc(F)cc1C#CCN. The molecule has 0 saturated heterocycles. The number of nitrogens with two attached hydrogens (primary N) is 1. The number of halogens is 1. The van der Waals surface area contributed by atoms with E-state index in [0.29, 0.717) is 17.2 Å². The van der Waals surface area contributed by atoms with Crippen molar-refractivity contribution in [3.8, 4) is 23.5 Å². The number of benzene rings is 1. The van der Waals surface area contributed by atoms with Gasteiger partial charge in [-0.3, -0.25) is 0 Å². The highest BCUT2D eigenvalue weighted by atomic mass is 19.1. The zero-order chi connectivity index (χ0) is 15.1. The van der Waals surface area contributed by atoms with Crippen molar-refractivity contribution in [3.63, 3.8) is 0 Å². The Morgan fingerprint density at radius 2 is 2.19 bits per heavy atom. The predicted molar refractivity (Wildman–Crippen MR) is 77.5 cm³/mol. The molecule has 2 N–H and O–H groups in total. The minimum absolute atomic E-state index is 0.201. The van der Waals surface area contributed by atoms with E-state index in [-0.39, 0.29) is 19.0 Å². The topological polar surface area (TPSA) is 57.4 Å². The fourth-order valence-corrected chi connectivity index (χ4v) is 1.75. The third-order valence-electron chi connectivity index (χ3n) is 2.69. The lowest BCUT2D eigenvalue weighted by Crippen LogP contribution is -2.01. The highest BCUT2D eigenvalue weighted by Gasteiger charge is 2.07. The van der Waals surface area contributed by atoms with Crippen LogP contribution in [0.15, 0.2) is 36.5 Å². The molecule has 108 valence electrons. The average molecular weight is 286 g/mol. The maximum Gasteiger partial charge on any atom is 0.219 e. The van der Waals surface area contributed by atoms with Crippen molar-refractivity contribution in [2.24, 2.45) is 5.73 Å². The van der Waals surface area contributed by atoms with Crippen LogP contribution in [0.1, 0.15) is 11.1 Å². The van der Waals surface area contributed by atoms with Gasteiger partial charge in [0.25, 0.3) is 0 Å². The molecule has 5 heteroatoms. The maximum atomic E-state index is 13.3. The Kier molecular flexibility index (Phi) is 5.13. The van der Waals surface area contributed by atoms with Crippen molar-refractivity contribution in [3.05, 3.63) is 53.5 Å². The van der Waals surface area contributed by atoms with E-state index in [1.807, 2.05) is 6.07 Å². The molecule has 4 nitrogen and oxygen atoms in total. The Hall–Kier alpha value is -2.58. The number of hydrogen-bond acceptors (Lipinski definition) is 4. The van der Waals surface area contributed by atoms with E-state index in [9.17, 15) is 4.39 Å². The third kappa shape index (κ3) is 3.94. The molecule has 0 aliphatic carbocycles. The first-order valence-electron chi connectivity index (χ1n) is 6.33. The van der Waals surface area contributed by atoms with E-state index in [2.05, 4.69) is 16.8 Å². The second-order valence-corrected chi connectivity index (χ2v) is 4.11. The van der Waals surface area contributed by atoms with Gasteiger partial charge in [0.1, 0.15) is 18.2 Å². The first kappa shape index (κ1) is 14.8. The Morgan fingerprint density at radius 1 is 1.33 bits per heavy atom. The van der Waals surface area contributed by atoms with Gasteiger partial charge in [-0.15, -0.1) is 0 Å². The van der Waals surface area contributed by atoms with Crippen LogP contribution in [-0.4, -0.2) is 18.6 Å². The summed E-state index contributed by atoms with van der Waals surface area (Å²) in [6.45, 7) is 0.451. The summed E-state index contributed by atoms with van der Waals surface area (Å²) >= 11 is 0. The highest BCUT2D eigenvalue weighted by molar-refractivity contribution is 5.46. The van der Waals surface area contributed by atoms with E-state index in [1.165, 1.54) is 12.1 Å². The second kappa shape index (κ2) is 7.27. The molecule has 1 aromatic carbocycles. The van der Waals surface area contributed by atoms with Gasteiger partial charge in [-0.2, -0.15) is 0 Å². The summed E-state index contributed by atoms with van der Waals surface area (Å²) in [4.78, 5) is 4.09. The summed E-state index contributed by atoms with van der Waals surface area (Å²) < 4.78 is 24.1. The van der Waals surface area contributed by atoms with Gasteiger partial charge in [-0.05, 0) is 30.3 Å². The van der Waals surface area contributed by atoms with E-state index in [0.717, 1.165) is 5.56 Å². The summed E-state index contributed by atoms with van der Waals surface area (Å²) in [6, 6.07) is 7.82. The Bertz CT molecular complexity index is 677. The molecule has 0 atom stereocenters. The largest absolute Gasteiger partial charge is 0.487 e. The number of methoxy groups -OCH3 is 1. The van der Waals surface area contributed by atoms with Gasteiger partial charge in [0.15, 0.2) is 0 Å². The van der Waals surface area contributed by atoms with Crippen LogP contribution < -0.4 is 15.2 Å². The van der Waals surface area contributed by atoms with Crippen molar-refractivity contribution < 1.29 is 13.9 Å². The van der Waals surface area contributed by atoms with Gasteiger partial charge in [-0.1, -0.05) is 11.8 Å². The summed E-state index contributed by atoms with van der Waals surface area (Å²) in [7, 11) is 1.54. The van der Waals surface area contributed by atoms with E-state index >= 15 is 0 Å². The van der Waals surface area contributed by atoms with Crippen LogP contribution in [0, 0.1) is 17.7 Å². The smallest absolute Gasteiger partial charge is 0.219 e. The number of pyridine rings is 1. The van der Waals surface area contributed by atoms with Gasteiger partial charge in [0, 0.05) is 6.20 Å². The number of hydrogen-bond donors (Lipinski definition) is 1. The number of nitrogens with zero attached hydrogens (tertiary/aromatic N) is 1. The fraction of sp³-hybridized carbons (Fsp3) is 0.188. The maximum absolute atomic E-state index is 13.3. The quantitative estimate of drug-likeness (QED) is 0.875. The predicted octanol–water partition coefficient (Wildman–Crippen LogP) is 2.12. The molecule has 21 heavy (non-hydrogen) atoms. The molecule has 0 spiro atoms. The van der Waals surface area contributed by atoms with Crippen LogP contribution in [0.4, 0.5) is 4.39 Å². The third-order valence-corrected chi connectivity index (χ3v) is 2.69. The van der Waals surface area contributed by atoms with Crippen molar-refractivity contribution >= 4 is 0 Å². The molecule has 0 saturated carbocycles. The molecule has 1 heterocycles. The lowest BCUT2D eigenvalue weighted by Gasteiger charge is -2.10. The van der Waals surface area contributed by atoms with Gasteiger partial charge in [0.2, 0.25) is 5.88 Å². The molecule has 2 rings (SSSR count). The zero-order valence-corrected chi connectivity index (χ0v) is 11.6. The fourth-order valence-electron chi connectivity index (χ4n) is 1.75. The molecule has 0 aliphatic heterocycles. The first-order chi connectivity index (χ1) is 10.2. The Morgan fingerprint density at radius 3 is 2.95 bits per heavy atom. The Balaban J connectivity index is 2.20. The molecular formula is C16H15FN2O2.